The minimum atomic E-state index is -0.115. The maximum Gasteiger partial charge on any atom is 0.253 e. The van der Waals surface area contributed by atoms with Gasteiger partial charge in [0.2, 0.25) is 11.8 Å². The van der Waals surface area contributed by atoms with Crippen LogP contribution in [0.3, 0.4) is 0 Å². The fourth-order valence-electron chi connectivity index (χ4n) is 3.25. The number of rotatable bonds is 6. The minimum Gasteiger partial charge on any atom is -0.421 e. The average molecular weight is 405 g/mol. The molecule has 0 aliphatic rings. The number of fused-ring (bicyclic) bond motifs is 1. The van der Waals surface area contributed by atoms with Crippen molar-refractivity contribution in [2.75, 3.05) is 11.9 Å². The molecule has 0 spiro atoms. The number of nitrogens with one attached hydrogen (secondary N) is 2. The van der Waals surface area contributed by atoms with Gasteiger partial charge in [0.1, 0.15) is 11.8 Å². The first-order valence-electron chi connectivity index (χ1n) is 9.77. The molecule has 3 aromatic heterocycles. The van der Waals surface area contributed by atoms with Gasteiger partial charge >= 0.3 is 0 Å². The molecule has 0 fully saturated rings. The Labute approximate surface area is 173 Å². The van der Waals surface area contributed by atoms with Crippen molar-refractivity contribution in [1.82, 2.24) is 30.1 Å². The van der Waals surface area contributed by atoms with Gasteiger partial charge in [-0.3, -0.25) is 4.79 Å². The van der Waals surface area contributed by atoms with Gasteiger partial charge in [-0.1, -0.05) is 13.0 Å². The quantitative estimate of drug-likeness (QED) is 0.504. The Kier molecular flexibility index (Phi) is 5.18. The largest absolute Gasteiger partial charge is 0.421 e. The molecule has 9 nitrogen and oxygen atoms in total. The molecule has 0 aliphatic carbocycles. The molecular weight excluding hydrogens is 382 g/mol. The molecule has 0 bridgehead atoms. The van der Waals surface area contributed by atoms with Crippen LogP contribution in [0.4, 0.5) is 11.5 Å². The molecule has 0 atom stereocenters. The second-order valence-corrected chi connectivity index (χ2v) is 7.11. The molecule has 2 N–H and O–H groups in total. The second kappa shape index (κ2) is 7.94. The SMILES string of the molecule is CCCNC(=O)c1cn2ncnc(Nc3cc(-c4nnc(C)o4)ccc3C)c2c1C. The van der Waals surface area contributed by atoms with Gasteiger partial charge in [0, 0.05) is 30.9 Å². The van der Waals surface area contributed by atoms with Gasteiger partial charge in [-0.05, 0) is 43.5 Å². The maximum atomic E-state index is 12.5. The van der Waals surface area contributed by atoms with Crippen molar-refractivity contribution in [3.8, 4) is 11.5 Å². The monoisotopic (exact) mass is 405 g/mol. The van der Waals surface area contributed by atoms with E-state index >= 15 is 0 Å². The number of hydrogen-bond acceptors (Lipinski definition) is 7. The first-order valence-corrected chi connectivity index (χ1v) is 9.77. The summed E-state index contributed by atoms with van der Waals surface area (Å²) in [6.07, 6.45) is 4.07. The van der Waals surface area contributed by atoms with Crippen molar-refractivity contribution in [2.45, 2.75) is 34.1 Å². The minimum absolute atomic E-state index is 0.115. The summed E-state index contributed by atoms with van der Waals surface area (Å²) in [5.41, 5.74) is 4.82. The molecule has 154 valence electrons. The molecule has 4 rings (SSSR count). The summed E-state index contributed by atoms with van der Waals surface area (Å²) >= 11 is 0. The number of carbonyl (C=O) groups is 1. The molecule has 4 aromatic rings. The fourth-order valence-corrected chi connectivity index (χ4v) is 3.25. The van der Waals surface area contributed by atoms with Crippen LogP contribution in [0.1, 0.15) is 40.7 Å². The van der Waals surface area contributed by atoms with E-state index in [-0.39, 0.29) is 5.91 Å². The Morgan fingerprint density at radius 3 is 2.77 bits per heavy atom. The lowest BCUT2D eigenvalue weighted by Gasteiger charge is -2.11. The number of aromatic nitrogens is 5. The zero-order chi connectivity index (χ0) is 21.3. The third kappa shape index (κ3) is 3.61. The van der Waals surface area contributed by atoms with E-state index in [1.165, 1.54) is 6.33 Å². The van der Waals surface area contributed by atoms with Crippen molar-refractivity contribution in [1.29, 1.82) is 0 Å². The van der Waals surface area contributed by atoms with Crippen molar-refractivity contribution in [2.24, 2.45) is 0 Å². The molecule has 1 amide bonds. The third-order valence-electron chi connectivity index (χ3n) is 4.87. The van der Waals surface area contributed by atoms with Gasteiger partial charge in [0.25, 0.3) is 5.91 Å². The standard InChI is InChI=1S/C21H23N7O2/c1-5-8-22-20(29)16-10-28-18(13(16)3)19(23-11-24-28)25-17-9-15(7-6-12(17)2)21-27-26-14(4)30-21/h6-7,9-11H,5,8H2,1-4H3,(H,22,29)(H,23,24,25). The molecular formula is C21H23N7O2. The lowest BCUT2D eigenvalue weighted by Crippen LogP contribution is -2.24. The molecule has 30 heavy (non-hydrogen) atoms. The highest BCUT2D eigenvalue weighted by atomic mass is 16.4. The fraction of sp³-hybridized carbons (Fsp3) is 0.286. The van der Waals surface area contributed by atoms with E-state index in [0.29, 0.717) is 29.7 Å². The van der Waals surface area contributed by atoms with Crippen LogP contribution in [0.15, 0.2) is 35.1 Å². The van der Waals surface area contributed by atoms with Crippen LogP contribution in [0.25, 0.3) is 17.0 Å². The summed E-state index contributed by atoms with van der Waals surface area (Å²) in [4.78, 5) is 16.9. The third-order valence-corrected chi connectivity index (χ3v) is 4.87. The summed E-state index contributed by atoms with van der Waals surface area (Å²) in [5, 5.41) is 18.5. The lowest BCUT2D eigenvalue weighted by atomic mass is 10.1. The number of benzene rings is 1. The lowest BCUT2D eigenvalue weighted by molar-refractivity contribution is 0.0953. The van der Waals surface area contributed by atoms with E-state index in [4.69, 9.17) is 4.42 Å². The Balaban J connectivity index is 1.72. The van der Waals surface area contributed by atoms with Gasteiger partial charge in [-0.2, -0.15) is 5.10 Å². The molecule has 1 aromatic carbocycles. The Bertz CT molecular complexity index is 1230. The van der Waals surface area contributed by atoms with Crippen LogP contribution >= 0.6 is 0 Å². The van der Waals surface area contributed by atoms with Crippen LogP contribution in [0.2, 0.25) is 0 Å². The highest BCUT2D eigenvalue weighted by molar-refractivity contribution is 5.99. The first kappa shape index (κ1) is 19.6. The number of carbonyl (C=O) groups excluding carboxylic acids is 1. The van der Waals surface area contributed by atoms with Crippen LogP contribution < -0.4 is 10.6 Å². The number of anilines is 2. The Morgan fingerprint density at radius 1 is 1.20 bits per heavy atom. The molecule has 0 saturated heterocycles. The van der Waals surface area contributed by atoms with Gasteiger partial charge < -0.3 is 15.1 Å². The summed E-state index contributed by atoms with van der Waals surface area (Å²) in [7, 11) is 0. The van der Waals surface area contributed by atoms with Crippen LogP contribution in [-0.4, -0.2) is 37.2 Å². The van der Waals surface area contributed by atoms with Crippen molar-refractivity contribution < 1.29 is 9.21 Å². The van der Waals surface area contributed by atoms with Gasteiger partial charge in [0.15, 0.2) is 5.82 Å². The highest BCUT2D eigenvalue weighted by Crippen LogP contribution is 2.29. The zero-order valence-corrected chi connectivity index (χ0v) is 17.4. The van der Waals surface area contributed by atoms with Crippen molar-refractivity contribution in [3.63, 3.8) is 0 Å². The number of amides is 1. The predicted octanol–water partition coefficient (Wildman–Crippen LogP) is 3.59. The highest BCUT2D eigenvalue weighted by Gasteiger charge is 2.18. The van der Waals surface area contributed by atoms with Crippen LogP contribution in [0.5, 0.6) is 0 Å². The van der Waals surface area contributed by atoms with E-state index in [0.717, 1.165) is 34.3 Å². The molecule has 0 radical (unpaired) electrons. The molecule has 0 aliphatic heterocycles. The van der Waals surface area contributed by atoms with E-state index < -0.39 is 0 Å². The van der Waals surface area contributed by atoms with Gasteiger partial charge in [-0.25, -0.2) is 9.50 Å². The maximum absolute atomic E-state index is 12.5. The van der Waals surface area contributed by atoms with Gasteiger partial charge in [-0.15, -0.1) is 10.2 Å². The van der Waals surface area contributed by atoms with E-state index in [1.807, 2.05) is 39.0 Å². The average Bonchev–Trinajstić information content (AvgIpc) is 3.32. The Morgan fingerprint density at radius 2 is 2.03 bits per heavy atom. The van der Waals surface area contributed by atoms with Crippen LogP contribution in [0, 0.1) is 20.8 Å². The van der Waals surface area contributed by atoms with Crippen molar-refractivity contribution in [3.05, 3.63) is 53.3 Å². The Hall–Kier alpha value is -3.75. The summed E-state index contributed by atoms with van der Waals surface area (Å²) in [6, 6.07) is 5.85. The smallest absolute Gasteiger partial charge is 0.253 e. The second-order valence-electron chi connectivity index (χ2n) is 7.11. The van der Waals surface area contributed by atoms with Crippen LogP contribution in [-0.2, 0) is 0 Å². The molecule has 9 heteroatoms. The van der Waals surface area contributed by atoms with Crippen molar-refractivity contribution >= 4 is 22.9 Å². The first-order chi connectivity index (χ1) is 14.5. The van der Waals surface area contributed by atoms with E-state index in [1.54, 1.807) is 17.6 Å². The van der Waals surface area contributed by atoms with E-state index in [2.05, 4.69) is 30.9 Å². The molecule has 0 saturated carbocycles. The number of hydrogen-bond donors (Lipinski definition) is 2. The summed E-state index contributed by atoms with van der Waals surface area (Å²) < 4.78 is 7.21. The number of aryl methyl sites for hydroxylation is 3. The topological polar surface area (TPSA) is 110 Å². The summed E-state index contributed by atoms with van der Waals surface area (Å²) in [6.45, 7) is 8.30. The summed E-state index contributed by atoms with van der Waals surface area (Å²) in [5.74, 6) is 1.46. The molecule has 3 heterocycles. The predicted molar refractivity (Wildman–Crippen MR) is 113 cm³/mol. The normalized spacial score (nSPS) is 11.1. The van der Waals surface area contributed by atoms with E-state index in [9.17, 15) is 4.79 Å². The number of nitrogens with zero attached hydrogens (tertiary/aromatic N) is 5. The zero-order valence-electron chi connectivity index (χ0n) is 17.4. The van der Waals surface area contributed by atoms with Gasteiger partial charge in [0.05, 0.1) is 5.56 Å². The molecule has 0 unspecified atom stereocenters.